The molecule has 2 aromatic carbocycles. The van der Waals surface area contributed by atoms with Gasteiger partial charge in [-0.3, -0.25) is 0 Å². The molecule has 0 aliphatic carbocycles. The SMILES string of the molecule is Cc1c(C(=O)O)cccc1-c1cc(Cl)ccc1Cl. The number of hydrogen-bond donors (Lipinski definition) is 1. The lowest BCUT2D eigenvalue weighted by Gasteiger charge is -2.10. The first-order chi connectivity index (χ1) is 8.50. The van der Waals surface area contributed by atoms with Gasteiger partial charge in [-0.25, -0.2) is 4.79 Å². The summed E-state index contributed by atoms with van der Waals surface area (Å²) in [7, 11) is 0. The van der Waals surface area contributed by atoms with Crippen LogP contribution in [0.1, 0.15) is 15.9 Å². The van der Waals surface area contributed by atoms with Gasteiger partial charge >= 0.3 is 5.97 Å². The maximum Gasteiger partial charge on any atom is 0.335 e. The minimum absolute atomic E-state index is 0.267. The number of carbonyl (C=O) groups is 1. The lowest BCUT2D eigenvalue weighted by molar-refractivity contribution is 0.0696. The van der Waals surface area contributed by atoms with Crippen LogP contribution in [-0.2, 0) is 0 Å². The van der Waals surface area contributed by atoms with Crippen molar-refractivity contribution < 1.29 is 9.90 Å². The predicted molar refractivity (Wildman–Crippen MR) is 73.6 cm³/mol. The largest absolute Gasteiger partial charge is 0.478 e. The molecule has 0 amide bonds. The van der Waals surface area contributed by atoms with Gasteiger partial charge in [0.15, 0.2) is 0 Å². The molecule has 2 rings (SSSR count). The average molecular weight is 281 g/mol. The summed E-state index contributed by atoms with van der Waals surface area (Å²) in [6.45, 7) is 1.76. The van der Waals surface area contributed by atoms with E-state index in [0.29, 0.717) is 15.6 Å². The fraction of sp³-hybridized carbons (Fsp3) is 0.0714. The van der Waals surface area contributed by atoms with E-state index in [1.807, 2.05) is 6.07 Å². The molecule has 0 aliphatic heterocycles. The molecule has 0 heterocycles. The van der Waals surface area contributed by atoms with E-state index in [4.69, 9.17) is 28.3 Å². The average Bonchev–Trinajstić information content (AvgIpc) is 2.32. The van der Waals surface area contributed by atoms with Gasteiger partial charge in [0.1, 0.15) is 0 Å². The molecule has 0 aromatic heterocycles. The van der Waals surface area contributed by atoms with Gasteiger partial charge in [0.25, 0.3) is 0 Å². The standard InChI is InChI=1S/C14H10Cl2O2/c1-8-10(3-2-4-11(8)14(17)18)12-7-9(15)5-6-13(12)16/h2-7H,1H3,(H,17,18). The zero-order valence-electron chi connectivity index (χ0n) is 9.58. The van der Waals surface area contributed by atoms with Crippen molar-refractivity contribution in [3.63, 3.8) is 0 Å². The number of aromatic carboxylic acids is 1. The topological polar surface area (TPSA) is 37.3 Å². The molecule has 4 heteroatoms. The molecule has 0 radical (unpaired) electrons. The molecular weight excluding hydrogens is 271 g/mol. The highest BCUT2D eigenvalue weighted by Crippen LogP contribution is 2.33. The number of hydrogen-bond acceptors (Lipinski definition) is 1. The molecule has 0 fully saturated rings. The van der Waals surface area contributed by atoms with Gasteiger partial charge in [0, 0.05) is 15.6 Å². The van der Waals surface area contributed by atoms with Crippen molar-refractivity contribution in [2.45, 2.75) is 6.92 Å². The molecule has 0 saturated heterocycles. The van der Waals surface area contributed by atoms with Crippen LogP contribution >= 0.6 is 23.2 Å². The number of carboxylic acids is 1. The fourth-order valence-electron chi connectivity index (χ4n) is 1.86. The molecule has 2 nitrogen and oxygen atoms in total. The summed E-state index contributed by atoms with van der Waals surface area (Å²) in [5.41, 5.74) is 2.46. The first-order valence-electron chi connectivity index (χ1n) is 5.29. The molecule has 1 N–H and O–H groups in total. The third-order valence-corrected chi connectivity index (χ3v) is 3.35. The van der Waals surface area contributed by atoms with Crippen LogP contribution in [0.2, 0.25) is 10.0 Å². The van der Waals surface area contributed by atoms with Gasteiger partial charge in [0.05, 0.1) is 5.56 Å². The molecule has 18 heavy (non-hydrogen) atoms. The highest BCUT2D eigenvalue weighted by Gasteiger charge is 2.13. The third-order valence-electron chi connectivity index (χ3n) is 2.78. The zero-order chi connectivity index (χ0) is 13.3. The Morgan fingerprint density at radius 3 is 2.50 bits per heavy atom. The summed E-state index contributed by atoms with van der Waals surface area (Å²) in [6.07, 6.45) is 0. The number of rotatable bonds is 2. The molecule has 92 valence electrons. The van der Waals surface area contributed by atoms with Crippen LogP contribution in [0.4, 0.5) is 0 Å². The van der Waals surface area contributed by atoms with Gasteiger partial charge in [-0.2, -0.15) is 0 Å². The first-order valence-corrected chi connectivity index (χ1v) is 6.04. The number of carboxylic acid groups (broad SMARTS) is 1. The molecule has 0 unspecified atom stereocenters. The van der Waals surface area contributed by atoms with Gasteiger partial charge < -0.3 is 5.11 Å². The lowest BCUT2D eigenvalue weighted by Crippen LogP contribution is -2.00. The van der Waals surface area contributed by atoms with Crippen LogP contribution < -0.4 is 0 Å². The van der Waals surface area contributed by atoms with E-state index < -0.39 is 5.97 Å². The Morgan fingerprint density at radius 2 is 1.83 bits per heavy atom. The van der Waals surface area contributed by atoms with Gasteiger partial charge in [0.2, 0.25) is 0 Å². The molecule has 0 bridgehead atoms. The summed E-state index contributed by atoms with van der Waals surface area (Å²) < 4.78 is 0. The van der Waals surface area contributed by atoms with E-state index in [1.54, 1.807) is 37.3 Å². The van der Waals surface area contributed by atoms with Crippen molar-refractivity contribution in [2.24, 2.45) is 0 Å². The smallest absolute Gasteiger partial charge is 0.335 e. The molecule has 0 atom stereocenters. The summed E-state index contributed by atoms with van der Waals surface area (Å²) in [5.74, 6) is -0.951. The minimum atomic E-state index is -0.951. The van der Waals surface area contributed by atoms with Gasteiger partial charge in [-0.05, 0) is 42.3 Å². The third kappa shape index (κ3) is 2.35. The second-order valence-corrected chi connectivity index (χ2v) is 4.75. The monoisotopic (exact) mass is 280 g/mol. The Bertz CT molecular complexity index is 621. The summed E-state index contributed by atoms with van der Waals surface area (Å²) >= 11 is 12.1. The van der Waals surface area contributed by atoms with Crippen molar-refractivity contribution in [2.75, 3.05) is 0 Å². The van der Waals surface area contributed by atoms with Gasteiger partial charge in [-0.1, -0.05) is 35.3 Å². The van der Waals surface area contributed by atoms with Crippen molar-refractivity contribution in [1.82, 2.24) is 0 Å². The van der Waals surface area contributed by atoms with Gasteiger partial charge in [-0.15, -0.1) is 0 Å². The summed E-state index contributed by atoms with van der Waals surface area (Å²) in [5, 5.41) is 10.2. The first kappa shape index (κ1) is 12.9. The van der Waals surface area contributed by atoms with Crippen LogP contribution in [0, 0.1) is 6.92 Å². The highest BCUT2D eigenvalue weighted by atomic mass is 35.5. The Kier molecular flexibility index (Phi) is 3.60. The molecular formula is C14H10Cl2O2. The number of benzene rings is 2. The van der Waals surface area contributed by atoms with Crippen LogP contribution in [-0.4, -0.2) is 11.1 Å². The van der Waals surface area contributed by atoms with Crippen molar-refractivity contribution in [3.8, 4) is 11.1 Å². The highest BCUT2D eigenvalue weighted by molar-refractivity contribution is 6.35. The van der Waals surface area contributed by atoms with Crippen molar-refractivity contribution in [3.05, 3.63) is 57.6 Å². The molecule has 0 aliphatic rings. The molecule has 0 spiro atoms. The summed E-state index contributed by atoms with van der Waals surface area (Å²) in [6, 6.07) is 10.2. The molecule has 0 saturated carbocycles. The van der Waals surface area contributed by atoms with E-state index >= 15 is 0 Å². The Morgan fingerprint density at radius 1 is 1.11 bits per heavy atom. The zero-order valence-corrected chi connectivity index (χ0v) is 11.1. The van der Waals surface area contributed by atoms with Crippen molar-refractivity contribution >= 4 is 29.2 Å². The maximum absolute atomic E-state index is 11.1. The summed E-state index contributed by atoms with van der Waals surface area (Å²) in [4.78, 5) is 11.1. The van der Waals surface area contributed by atoms with E-state index in [9.17, 15) is 4.79 Å². The Balaban J connectivity index is 2.68. The lowest BCUT2D eigenvalue weighted by atomic mass is 9.96. The maximum atomic E-state index is 11.1. The van der Waals surface area contributed by atoms with E-state index in [1.165, 1.54) is 0 Å². The quantitative estimate of drug-likeness (QED) is 0.868. The second kappa shape index (κ2) is 5.01. The minimum Gasteiger partial charge on any atom is -0.478 e. The van der Waals surface area contributed by atoms with Crippen LogP contribution in [0.3, 0.4) is 0 Å². The van der Waals surface area contributed by atoms with Crippen LogP contribution in [0.5, 0.6) is 0 Å². The van der Waals surface area contributed by atoms with Crippen LogP contribution in [0.15, 0.2) is 36.4 Å². The fourth-order valence-corrected chi connectivity index (χ4v) is 2.25. The normalized spacial score (nSPS) is 10.4. The molecule has 2 aromatic rings. The predicted octanol–water partition coefficient (Wildman–Crippen LogP) is 4.67. The van der Waals surface area contributed by atoms with E-state index in [2.05, 4.69) is 0 Å². The second-order valence-electron chi connectivity index (χ2n) is 3.91. The van der Waals surface area contributed by atoms with Crippen LogP contribution in [0.25, 0.3) is 11.1 Å². The number of halogens is 2. The van der Waals surface area contributed by atoms with E-state index in [-0.39, 0.29) is 5.56 Å². The van der Waals surface area contributed by atoms with Crippen molar-refractivity contribution in [1.29, 1.82) is 0 Å². The van der Waals surface area contributed by atoms with E-state index in [0.717, 1.165) is 11.1 Å². The Labute approximate surface area is 115 Å². The Hall–Kier alpha value is -1.51.